The van der Waals surface area contributed by atoms with Crippen molar-refractivity contribution in [1.82, 2.24) is 0 Å². The highest BCUT2D eigenvalue weighted by Gasteiger charge is 2.37. The van der Waals surface area contributed by atoms with Gasteiger partial charge in [-0.2, -0.15) is 0 Å². The standard InChI is InChI=1S/C18H35O10P/c1-3-5-7-9-16(21)26-12-14(28-17(22)10-8-6-4-2)13-27-18(15(20)11-19)29(23,24)25/h14-15,18-20H,3-13H2,1-2H3,(H2,23,24,25)/t14-,15?,18?/m1/s1. The summed E-state index contributed by atoms with van der Waals surface area (Å²) in [5, 5.41) is 18.5. The zero-order valence-corrected chi connectivity index (χ0v) is 18.1. The third kappa shape index (κ3) is 13.8. The lowest BCUT2D eigenvalue weighted by atomic mass is 10.2. The summed E-state index contributed by atoms with van der Waals surface area (Å²) in [6.45, 7) is 2.19. The van der Waals surface area contributed by atoms with Crippen LogP contribution in [0.25, 0.3) is 0 Å². The molecule has 0 aliphatic carbocycles. The molecule has 2 unspecified atom stereocenters. The molecule has 10 nitrogen and oxygen atoms in total. The molecule has 172 valence electrons. The van der Waals surface area contributed by atoms with Crippen LogP contribution in [0.5, 0.6) is 0 Å². The summed E-state index contributed by atoms with van der Waals surface area (Å²) in [5.41, 5.74) is 0. The van der Waals surface area contributed by atoms with Crippen LogP contribution in [0.2, 0.25) is 0 Å². The van der Waals surface area contributed by atoms with E-state index in [0.29, 0.717) is 12.8 Å². The highest BCUT2D eigenvalue weighted by molar-refractivity contribution is 7.52. The van der Waals surface area contributed by atoms with Crippen molar-refractivity contribution in [3.05, 3.63) is 0 Å². The molecule has 0 aromatic rings. The molecular formula is C18H35O10P. The maximum absolute atomic E-state index is 12.0. The van der Waals surface area contributed by atoms with Crippen molar-refractivity contribution in [2.75, 3.05) is 19.8 Å². The Hall–Kier alpha value is -1.03. The number of ether oxygens (including phenoxy) is 3. The molecule has 0 fully saturated rings. The average Bonchev–Trinajstić information content (AvgIpc) is 2.65. The predicted octanol–water partition coefficient (Wildman–Crippen LogP) is 1.48. The van der Waals surface area contributed by atoms with E-state index in [-0.39, 0.29) is 19.4 Å². The minimum atomic E-state index is -4.90. The van der Waals surface area contributed by atoms with Crippen molar-refractivity contribution < 1.29 is 48.4 Å². The molecular weight excluding hydrogens is 407 g/mol. The molecule has 11 heteroatoms. The fourth-order valence-corrected chi connectivity index (χ4v) is 3.21. The van der Waals surface area contributed by atoms with Gasteiger partial charge in [0.1, 0.15) is 12.7 Å². The molecule has 0 aliphatic rings. The molecule has 0 aromatic heterocycles. The highest BCUT2D eigenvalue weighted by Crippen LogP contribution is 2.43. The molecule has 0 saturated carbocycles. The summed E-state index contributed by atoms with van der Waals surface area (Å²) in [4.78, 5) is 42.3. The Labute approximate surface area is 171 Å². The van der Waals surface area contributed by atoms with Crippen molar-refractivity contribution in [2.45, 2.75) is 83.3 Å². The van der Waals surface area contributed by atoms with E-state index in [4.69, 9.17) is 19.3 Å². The number of carbonyl (C=O) groups is 2. The Morgan fingerprint density at radius 2 is 1.48 bits per heavy atom. The number of hydrogen-bond donors (Lipinski definition) is 4. The molecule has 0 radical (unpaired) electrons. The molecule has 0 spiro atoms. The van der Waals surface area contributed by atoms with Gasteiger partial charge in [-0.05, 0) is 12.8 Å². The lowest BCUT2D eigenvalue weighted by Gasteiger charge is -2.25. The van der Waals surface area contributed by atoms with Gasteiger partial charge in [0.25, 0.3) is 0 Å². The van der Waals surface area contributed by atoms with Gasteiger partial charge in [0.05, 0.1) is 13.2 Å². The summed E-state index contributed by atoms with van der Waals surface area (Å²) in [6.07, 6.45) is 2.28. The first kappa shape index (κ1) is 28.0. The molecule has 0 aliphatic heterocycles. The maximum atomic E-state index is 12.0. The average molecular weight is 442 g/mol. The van der Waals surface area contributed by atoms with Gasteiger partial charge >= 0.3 is 19.5 Å². The van der Waals surface area contributed by atoms with Crippen molar-refractivity contribution in [3.63, 3.8) is 0 Å². The van der Waals surface area contributed by atoms with Crippen LogP contribution in [-0.2, 0) is 28.4 Å². The summed E-state index contributed by atoms with van der Waals surface area (Å²) in [7, 11) is -4.90. The number of esters is 2. The number of aliphatic hydroxyl groups is 2. The van der Waals surface area contributed by atoms with Crippen molar-refractivity contribution >= 4 is 19.5 Å². The Morgan fingerprint density at radius 3 is 1.97 bits per heavy atom. The van der Waals surface area contributed by atoms with E-state index in [9.17, 15) is 29.0 Å². The fraction of sp³-hybridized carbons (Fsp3) is 0.889. The van der Waals surface area contributed by atoms with Crippen LogP contribution in [0.15, 0.2) is 0 Å². The van der Waals surface area contributed by atoms with Crippen LogP contribution in [0.3, 0.4) is 0 Å². The van der Waals surface area contributed by atoms with Gasteiger partial charge in [0.15, 0.2) is 11.9 Å². The van der Waals surface area contributed by atoms with Crippen LogP contribution in [0, 0.1) is 0 Å². The monoisotopic (exact) mass is 442 g/mol. The predicted molar refractivity (Wildman–Crippen MR) is 104 cm³/mol. The zero-order chi connectivity index (χ0) is 22.3. The number of rotatable bonds is 17. The lowest BCUT2D eigenvalue weighted by molar-refractivity contribution is -0.164. The first-order chi connectivity index (χ1) is 13.6. The van der Waals surface area contributed by atoms with Crippen LogP contribution < -0.4 is 0 Å². The Bertz CT molecular complexity index is 507. The molecule has 0 bridgehead atoms. The van der Waals surface area contributed by atoms with E-state index in [1.807, 2.05) is 13.8 Å². The van der Waals surface area contributed by atoms with Crippen molar-refractivity contribution in [1.29, 1.82) is 0 Å². The number of carbonyl (C=O) groups excluding carboxylic acids is 2. The highest BCUT2D eigenvalue weighted by atomic mass is 31.2. The smallest absolute Gasteiger partial charge is 0.356 e. The molecule has 4 N–H and O–H groups in total. The minimum absolute atomic E-state index is 0.149. The summed E-state index contributed by atoms with van der Waals surface area (Å²) in [5.74, 6) is -3.02. The number of aliphatic hydroxyl groups excluding tert-OH is 2. The molecule has 29 heavy (non-hydrogen) atoms. The third-order valence-electron chi connectivity index (χ3n) is 4.00. The van der Waals surface area contributed by atoms with Crippen LogP contribution >= 0.6 is 7.60 Å². The number of hydrogen-bond acceptors (Lipinski definition) is 8. The van der Waals surface area contributed by atoms with E-state index in [1.54, 1.807) is 0 Å². The first-order valence-corrected chi connectivity index (χ1v) is 11.6. The Morgan fingerprint density at radius 1 is 0.931 bits per heavy atom. The van der Waals surface area contributed by atoms with Gasteiger partial charge in [-0.1, -0.05) is 39.5 Å². The normalized spacial score (nSPS) is 14.8. The van der Waals surface area contributed by atoms with Gasteiger partial charge in [-0.15, -0.1) is 0 Å². The fourth-order valence-electron chi connectivity index (χ4n) is 2.39. The largest absolute Gasteiger partial charge is 0.462 e. The van der Waals surface area contributed by atoms with E-state index >= 15 is 0 Å². The van der Waals surface area contributed by atoms with Gasteiger partial charge in [-0.25, -0.2) is 0 Å². The lowest BCUT2D eigenvalue weighted by Crippen LogP contribution is -2.37. The third-order valence-corrected chi connectivity index (χ3v) is 5.15. The van der Waals surface area contributed by atoms with Crippen LogP contribution in [0.1, 0.15) is 65.2 Å². The zero-order valence-electron chi connectivity index (χ0n) is 17.2. The Balaban J connectivity index is 4.85. The molecule has 3 atom stereocenters. The quantitative estimate of drug-likeness (QED) is 0.148. The van der Waals surface area contributed by atoms with Crippen molar-refractivity contribution in [3.8, 4) is 0 Å². The summed E-state index contributed by atoms with van der Waals surface area (Å²) in [6, 6.07) is 0. The van der Waals surface area contributed by atoms with Gasteiger partial charge < -0.3 is 34.2 Å². The van der Waals surface area contributed by atoms with Crippen LogP contribution in [0.4, 0.5) is 0 Å². The van der Waals surface area contributed by atoms with E-state index in [0.717, 1.165) is 25.7 Å². The van der Waals surface area contributed by atoms with Gasteiger partial charge in [0, 0.05) is 12.8 Å². The first-order valence-electron chi connectivity index (χ1n) is 9.96. The van der Waals surface area contributed by atoms with Crippen LogP contribution in [-0.4, -0.2) is 69.8 Å². The second-order valence-corrected chi connectivity index (χ2v) is 8.46. The molecule has 0 saturated heterocycles. The van der Waals surface area contributed by atoms with Gasteiger partial charge in [-0.3, -0.25) is 14.2 Å². The summed E-state index contributed by atoms with van der Waals surface area (Å²) >= 11 is 0. The molecule has 0 rings (SSSR count). The van der Waals surface area contributed by atoms with E-state index < -0.39 is 50.8 Å². The minimum Gasteiger partial charge on any atom is -0.462 e. The molecule has 0 aromatic carbocycles. The second-order valence-electron chi connectivity index (χ2n) is 6.77. The Kier molecular flexibility index (Phi) is 15.2. The van der Waals surface area contributed by atoms with Crippen molar-refractivity contribution in [2.24, 2.45) is 0 Å². The van der Waals surface area contributed by atoms with Gasteiger partial charge in [0.2, 0.25) is 0 Å². The topological polar surface area (TPSA) is 160 Å². The maximum Gasteiger partial charge on any atom is 0.356 e. The second kappa shape index (κ2) is 15.8. The summed E-state index contributed by atoms with van der Waals surface area (Å²) < 4.78 is 26.8. The van der Waals surface area contributed by atoms with E-state index in [1.165, 1.54) is 0 Å². The molecule has 0 heterocycles. The SMILES string of the molecule is CCCCCC(=O)OC[C@H](COC(C(O)CO)P(=O)(O)O)OC(=O)CCCCC. The van der Waals surface area contributed by atoms with E-state index in [2.05, 4.69) is 0 Å². The molecule has 0 amide bonds. The number of unbranched alkanes of at least 4 members (excludes halogenated alkanes) is 4.